The summed E-state index contributed by atoms with van der Waals surface area (Å²) in [6, 6.07) is 14.8. The van der Waals surface area contributed by atoms with E-state index in [1.54, 1.807) is 35.9 Å². The Labute approximate surface area is 185 Å². The summed E-state index contributed by atoms with van der Waals surface area (Å²) in [5.41, 5.74) is 2.56. The van der Waals surface area contributed by atoms with Gasteiger partial charge in [-0.05, 0) is 50.2 Å². The number of carbonyl (C=O) groups is 2. The molecule has 0 bridgehead atoms. The molecule has 1 aromatic heterocycles. The maximum atomic E-state index is 12.4. The molecular formula is C22H25N5O3S. The molecule has 0 fully saturated rings. The highest BCUT2D eigenvalue weighted by molar-refractivity contribution is 7.99. The first-order chi connectivity index (χ1) is 14.9. The van der Waals surface area contributed by atoms with Gasteiger partial charge in [0.2, 0.25) is 11.8 Å². The number of rotatable bonds is 9. The summed E-state index contributed by atoms with van der Waals surface area (Å²) in [6.07, 6.45) is 0.0762. The van der Waals surface area contributed by atoms with Crippen molar-refractivity contribution >= 4 is 35.0 Å². The third-order valence-corrected chi connectivity index (χ3v) is 5.38. The number of carbonyl (C=O) groups excluding carboxylic acids is 2. The molecule has 162 valence electrons. The van der Waals surface area contributed by atoms with Gasteiger partial charge in [-0.25, -0.2) is 0 Å². The number of nitrogens with one attached hydrogen (secondary N) is 2. The van der Waals surface area contributed by atoms with Crippen molar-refractivity contribution in [1.29, 1.82) is 0 Å². The topological polar surface area (TPSA) is 98.1 Å². The Bertz CT molecular complexity index is 1030. The monoisotopic (exact) mass is 439 g/mol. The summed E-state index contributed by atoms with van der Waals surface area (Å²) in [5.74, 6) is 1.13. The van der Waals surface area contributed by atoms with Crippen LogP contribution in [-0.2, 0) is 23.1 Å². The zero-order chi connectivity index (χ0) is 22.2. The van der Waals surface area contributed by atoms with Crippen LogP contribution >= 0.6 is 11.8 Å². The fourth-order valence-electron chi connectivity index (χ4n) is 2.74. The Hall–Kier alpha value is -3.33. The molecule has 0 spiro atoms. The molecule has 0 aliphatic carbocycles. The Balaban J connectivity index is 1.50. The number of hydrogen-bond donors (Lipinski definition) is 2. The van der Waals surface area contributed by atoms with Crippen molar-refractivity contribution in [3.05, 3.63) is 59.9 Å². The summed E-state index contributed by atoms with van der Waals surface area (Å²) < 4.78 is 7.12. The van der Waals surface area contributed by atoms with Gasteiger partial charge in [-0.3, -0.25) is 9.59 Å². The van der Waals surface area contributed by atoms with E-state index in [-0.39, 0.29) is 24.0 Å². The second-order valence-electron chi connectivity index (χ2n) is 6.84. The maximum Gasteiger partial charge on any atom is 0.234 e. The third-order valence-electron chi connectivity index (χ3n) is 4.36. The van der Waals surface area contributed by atoms with Crippen LogP contribution in [0.5, 0.6) is 5.75 Å². The van der Waals surface area contributed by atoms with E-state index in [9.17, 15) is 9.59 Å². The Kier molecular flexibility index (Phi) is 7.66. The van der Waals surface area contributed by atoms with E-state index in [0.717, 1.165) is 17.0 Å². The highest BCUT2D eigenvalue weighted by atomic mass is 32.2. The van der Waals surface area contributed by atoms with Crippen LogP contribution in [0.2, 0.25) is 0 Å². The fourth-order valence-corrected chi connectivity index (χ4v) is 3.47. The lowest BCUT2D eigenvalue weighted by Crippen LogP contribution is -2.17. The van der Waals surface area contributed by atoms with Crippen molar-refractivity contribution in [2.24, 2.45) is 7.05 Å². The summed E-state index contributed by atoms with van der Waals surface area (Å²) in [5, 5.41) is 14.4. The van der Waals surface area contributed by atoms with Crippen molar-refractivity contribution in [3.8, 4) is 5.75 Å². The quantitative estimate of drug-likeness (QED) is 0.496. The van der Waals surface area contributed by atoms with E-state index >= 15 is 0 Å². The SMILES string of the molecule is CCOc1ccc(NC(=O)Cc2nnc(SCC(=O)Nc3ccc(C)cc3)n2C)cc1. The molecule has 0 radical (unpaired) electrons. The van der Waals surface area contributed by atoms with Gasteiger partial charge in [0, 0.05) is 18.4 Å². The number of ether oxygens (including phenoxy) is 1. The van der Waals surface area contributed by atoms with E-state index in [2.05, 4.69) is 20.8 Å². The van der Waals surface area contributed by atoms with E-state index in [0.29, 0.717) is 23.3 Å². The van der Waals surface area contributed by atoms with Crippen molar-refractivity contribution in [2.75, 3.05) is 23.0 Å². The number of anilines is 2. The minimum Gasteiger partial charge on any atom is -0.494 e. The Morgan fingerprint density at radius 1 is 0.968 bits per heavy atom. The van der Waals surface area contributed by atoms with Gasteiger partial charge < -0.3 is 19.9 Å². The summed E-state index contributed by atoms with van der Waals surface area (Å²) in [6.45, 7) is 4.50. The Morgan fingerprint density at radius 3 is 2.23 bits per heavy atom. The third kappa shape index (κ3) is 6.58. The van der Waals surface area contributed by atoms with Gasteiger partial charge in [0.25, 0.3) is 0 Å². The standard InChI is InChI=1S/C22H25N5O3S/c1-4-30-18-11-9-17(10-12-18)23-20(28)13-19-25-26-22(27(19)3)31-14-21(29)24-16-7-5-15(2)6-8-16/h5-12H,4,13-14H2,1-3H3,(H,23,28)(H,24,29). The summed E-state index contributed by atoms with van der Waals surface area (Å²) >= 11 is 1.27. The first-order valence-corrected chi connectivity index (χ1v) is 10.8. The molecule has 31 heavy (non-hydrogen) atoms. The van der Waals surface area contributed by atoms with E-state index in [1.807, 2.05) is 38.1 Å². The first-order valence-electron chi connectivity index (χ1n) is 9.85. The minimum atomic E-state index is -0.201. The molecule has 0 aliphatic rings. The van der Waals surface area contributed by atoms with Crippen LogP contribution in [0.1, 0.15) is 18.3 Å². The smallest absolute Gasteiger partial charge is 0.234 e. The highest BCUT2D eigenvalue weighted by Crippen LogP contribution is 2.18. The molecule has 1 heterocycles. The highest BCUT2D eigenvalue weighted by Gasteiger charge is 2.15. The molecule has 9 heteroatoms. The average Bonchev–Trinajstić information content (AvgIpc) is 3.09. The molecule has 0 aliphatic heterocycles. The lowest BCUT2D eigenvalue weighted by atomic mass is 10.2. The average molecular weight is 440 g/mol. The molecule has 0 saturated carbocycles. The second kappa shape index (κ2) is 10.6. The van der Waals surface area contributed by atoms with E-state index in [1.165, 1.54) is 11.8 Å². The second-order valence-corrected chi connectivity index (χ2v) is 7.79. The molecule has 8 nitrogen and oxygen atoms in total. The number of thioether (sulfide) groups is 1. The van der Waals surface area contributed by atoms with E-state index < -0.39 is 0 Å². The van der Waals surface area contributed by atoms with Crippen LogP contribution in [0.15, 0.2) is 53.7 Å². The number of nitrogens with zero attached hydrogens (tertiary/aromatic N) is 3. The largest absolute Gasteiger partial charge is 0.494 e. The van der Waals surface area contributed by atoms with Crippen molar-refractivity contribution < 1.29 is 14.3 Å². The lowest BCUT2D eigenvalue weighted by molar-refractivity contribution is -0.116. The van der Waals surface area contributed by atoms with Crippen molar-refractivity contribution in [2.45, 2.75) is 25.4 Å². The molecule has 2 N–H and O–H groups in total. The molecule has 2 amide bonds. The molecule has 3 aromatic rings. The molecule has 0 atom stereocenters. The van der Waals surface area contributed by atoms with Gasteiger partial charge in [-0.1, -0.05) is 29.5 Å². The molecule has 0 unspecified atom stereocenters. The predicted molar refractivity (Wildman–Crippen MR) is 121 cm³/mol. The molecule has 0 saturated heterocycles. The fraction of sp³-hybridized carbons (Fsp3) is 0.273. The van der Waals surface area contributed by atoms with Crippen LogP contribution < -0.4 is 15.4 Å². The lowest BCUT2D eigenvalue weighted by Gasteiger charge is -2.08. The van der Waals surface area contributed by atoms with Crippen LogP contribution in [-0.4, -0.2) is 38.9 Å². The molecular weight excluding hydrogens is 414 g/mol. The number of hydrogen-bond acceptors (Lipinski definition) is 6. The van der Waals surface area contributed by atoms with E-state index in [4.69, 9.17) is 4.74 Å². The zero-order valence-corrected chi connectivity index (χ0v) is 18.5. The van der Waals surface area contributed by atoms with Crippen LogP contribution in [0.4, 0.5) is 11.4 Å². The Morgan fingerprint density at radius 2 is 1.58 bits per heavy atom. The summed E-state index contributed by atoms with van der Waals surface area (Å²) in [7, 11) is 1.78. The normalized spacial score (nSPS) is 10.5. The van der Waals surface area contributed by atoms with Gasteiger partial charge in [-0.15, -0.1) is 10.2 Å². The number of aromatic nitrogens is 3. The summed E-state index contributed by atoms with van der Waals surface area (Å²) in [4.78, 5) is 24.5. The first kappa shape index (κ1) is 22.4. The molecule has 2 aromatic carbocycles. The van der Waals surface area contributed by atoms with Gasteiger partial charge in [0.1, 0.15) is 11.6 Å². The zero-order valence-electron chi connectivity index (χ0n) is 17.7. The van der Waals surface area contributed by atoms with Crippen LogP contribution in [0.25, 0.3) is 0 Å². The van der Waals surface area contributed by atoms with Gasteiger partial charge in [0.05, 0.1) is 18.8 Å². The maximum absolute atomic E-state index is 12.4. The van der Waals surface area contributed by atoms with Gasteiger partial charge >= 0.3 is 0 Å². The number of benzene rings is 2. The van der Waals surface area contributed by atoms with Crippen LogP contribution in [0, 0.1) is 6.92 Å². The predicted octanol–water partition coefficient (Wildman–Crippen LogP) is 3.43. The minimum absolute atomic E-state index is 0.0762. The van der Waals surface area contributed by atoms with Gasteiger partial charge in [0.15, 0.2) is 5.16 Å². The number of aryl methyl sites for hydroxylation is 1. The van der Waals surface area contributed by atoms with Gasteiger partial charge in [-0.2, -0.15) is 0 Å². The molecule has 3 rings (SSSR count). The number of amides is 2. The van der Waals surface area contributed by atoms with Crippen molar-refractivity contribution in [3.63, 3.8) is 0 Å². The van der Waals surface area contributed by atoms with Crippen LogP contribution in [0.3, 0.4) is 0 Å². The van der Waals surface area contributed by atoms with Crippen molar-refractivity contribution in [1.82, 2.24) is 14.8 Å².